The molecule has 8 aromatic rings. The lowest BCUT2D eigenvalue weighted by atomic mass is 9.54. The van der Waals surface area contributed by atoms with Gasteiger partial charge >= 0.3 is 0 Å². The van der Waals surface area contributed by atoms with Crippen molar-refractivity contribution < 1.29 is 4.74 Å². The molecule has 0 spiro atoms. The van der Waals surface area contributed by atoms with Crippen LogP contribution >= 0.6 is 0 Å². The Bertz CT molecular complexity index is 2840. The second-order valence-electron chi connectivity index (χ2n) is 17.7. The lowest BCUT2D eigenvalue weighted by Crippen LogP contribution is -2.34. The summed E-state index contributed by atoms with van der Waals surface area (Å²) in [5.74, 6) is 9.12. The van der Waals surface area contributed by atoms with Crippen molar-refractivity contribution in [1.29, 1.82) is 0 Å². The molecule has 3 nitrogen and oxygen atoms in total. The van der Waals surface area contributed by atoms with Gasteiger partial charge in [-0.2, -0.15) is 0 Å². The molecule has 2 aromatic heterocycles. The molecule has 0 atom stereocenters. The number of benzene rings is 6. The minimum atomic E-state index is 0.0262. The van der Waals surface area contributed by atoms with Crippen LogP contribution in [0.4, 0.5) is 0 Å². The standard InChI is InChI=1S/C60H48N2O/c1-2-3-4-5-6-19-34-63-60-58-54-45-24-11-7-20-41(45)52(42-21-8-12-25-46(42)54)56(58)49(57-53-43-22-9-13-26-47(43)55(59(57)60)48-27-14-10-23-44(48)53)31-30-38-35-39(50-28-15-17-32-61-50)37-40(36-38)51-29-16-18-33-62-51/h7-18,20-29,32-33,35-37,52-55H,2-6,19,34H2,1H3. The fourth-order valence-electron chi connectivity index (χ4n) is 11.6. The topological polar surface area (TPSA) is 35.0 Å². The van der Waals surface area contributed by atoms with Crippen LogP contribution in [0.25, 0.3) is 22.5 Å². The molecule has 0 N–H and O–H groups in total. The average Bonchev–Trinajstić information content (AvgIpc) is 3.35. The van der Waals surface area contributed by atoms with Crippen LogP contribution in [0, 0.1) is 11.8 Å². The number of pyridine rings is 2. The second kappa shape index (κ2) is 15.7. The SMILES string of the molecule is CCCCCCCCOc1c2c(c(C#Cc3cc(-c4ccccn4)cc(-c4ccccn4)c3)c3c1C1c4ccccc4C3c3ccccc31)C1c3ccccc3C2c2ccccc21. The van der Waals surface area contributed by atoms with E-state index in [1.54, 1.807) is 0 Å². The molecule has 2 heterocycles. The van der Waals surface area contributed by atoms with Crippen LogP contribution in [-0.4, -0.2) is 16.6 Å². The molecule has 3 heteroatoms. The monoisotopic (exact) mass is 812 g/mol. The molecule has 0 saturated carbocycles. The minimum Gasteiger partial charge on any atom is -0.493 e. The summed E-state index contributed by atoms with van der Waals surface area (Å²) >= 11 is 0. The Morgan fingerprint density at radius 1 is 0.429 bits per heavy atom. The van der Waals surface area contributed by atoms with E-state index in [1.807, 2.05) is 36.7 Å². The van der Waals surface area contributed by atoms with E-state index in [0.717, 1.165) is 45.8 Å². The molecule has 0 radical (unpaired) electrons. The largest absolute Gasteiger partial charge is 0.493 e. The molecule has 0 amide bonds. The highest BCUT2D eigenvalue weighted by molar-refractivity contribution is 5.83. The zero-order valence-electron chi connectivity index (χ0n) is 35.7. The minimum absolute atomic E-state index is 0.0262. The number of nitrogens with zero attached hydrogens (tertiary/aromatic N) is 2. The second-order valence-corrected chi connectivity index (χ2v) is 17.7. The van der Waals surface area contributed by atoms with E-state index < -0.39 is 0 Å². The molecule has 304 valence electrons. The zero-order valence-corrected chi connectivity index (χ0v) is 35.7. The van der Waals surface area contributed by atoms with Gasteiger partial charge in [0.25, 0.3) is 0 Å². The third-order valence-corrected chi connectivity index (χ3v) is 14.2. The van der Waals surface area contributed by atoms with Crippen LogP contribution in [0.3, 0.4) is 0 Å². The Morgan fingerprint density at radius 3 is 1.24 bits per heavy atom. The number of ether oxygens (including phenoxy) is 1. The summed E-state index contributed by atoms with van der Waals surface area (Å²) in [5, 5.41) is 0. The van der Waals surface area contributed by atoms with Crippen LogP contribution in [0.15, 0.2) is 164 Å². The van der Waals surface area contributed by atoms with Gasteiger partial charge in [-0.05, 0) is 105 Å². The maximum Gasteiger partial charge on any atom is 0.128 e. The molecule has 0 aliphatic heterocycles. The Hall–Kier alpha value is -7.02. The average molecular weight is 813 g/mol. The first-order valence-corrected chi connectivity index (χ1v) is 23.0. The Morgan fingerprint density at radius 2 is 0.825 bits per heavy atom. The first-order chi connectivity index (χ1) is 31.3. The molecule has 0 unspecified atom stereocenters. The van der Waals surface area contributed by atoms with Gasteiger partial charge in [-0.15, -0.1) is 0 Å². The number of unbranched alkanes of at least 4 members (excludes halogenated alkanes) is 5. The molecule has 63 heavy (non-hydrogen) atoms. The van der Waals surface area contributed by atoms with Crippen LogP contribution in [0.1, 0.15) is 147 Å². The van der Waals surface area contributed by atoms with Crippen molar-refractivity contribution in [3.05, 3.63) is 242 Å². The predicted octanol–water partition coefficient (Wildman–Crippen LogP) is 13.9. The summed E-state index contributed by atoms with van der Waals surface area (Å²) in [4.78, 5) is 9.54. The summed E-state index contributed by atoms with van der Waals surface area (Å²) in [6, 6.07) is 55.5. The van der Waals surface area contributed by atoms with Crippen molar-refractivity contribution >= 4 is 0 Å². The third-order valence-electron chi connectivity index (χ3n) is 14.2. The maximum atomic E-state index is 7.46. The lowest BCUT2D eigenvalue weighted by molar-refractivity contribution is 0.295. The summed E-state index contributed by atoms with van der Waals surface area (Å²) in [6.07, 6.45) is 11.0. The normalized spacial score (nSPS) is 17.6. The number of hydrogen-bond acceptors (Lipinski definition) is 3. The highest BCUT2D eigenvalue weighted by Gasteiger charge is 2.51. The summed E-state index contributed by atoms with van der Waals surface area (Å²) < 4.78 is 7.46. The van der Waals surface area contributed by atoms with Gasteiger partial charge in [0.1, 0.15) is 5.75 Å². The van der Waals surface area contributed by atoms with Crippen molar-refractivity contribution in [2.24, 2.45) is 0 Å². The van der Waals surface area contributed by atoms with Crippen LogP contribution in [0.2, 0.25) is 0 Å². The molecular weight excluding hydrogens is 765 g/mol. The van der Waals surface area contributed by atoms with E-state index in [9.17, 15) is 0 Å². The molecule has 0 fully saturated rings. The molecule has 6 aromatic carbocycles. The van der Waals surface area contributed by atoms with Gasteiger partial charge in [0.05, 0.1) is 18.0 Å². The molecular formula is C60H48N2O. The van der Waals surface area contributed by atoms with Gasteiger partial charge in [-0.25, -0.2) is 0 Å². The van der Waals surface area contributed by atoms with Gasteiger partial charge in [-0.1, -0.05) is 160 Å². The lowest BCUT2D eigenvalue weighted by Gasteiger charge is -2.48. The van der Waals surface area contributed by atoms with Crippen LogP contribution < -0.4 is 4.74 Å². The van der Waals surface area contributed by atoms with E-state index in [1.165, 1.54) is 98.9 Å². The van der Waals surface area contributed by atoms with Crippen molar-refractivity contribution in [3.8, 4) is 40.1 Å². The zero-order chi connectivity index (χ0) is 41.9. The summed E-state index contributed by atoms with van der Waals surface area (Å²) in [5.41, 5.74) is 22.4. The van der Waals surface area contributed by atoms with E-state index >= 15 is 0 Å². The van der Waals surface area contributed by atoms with E-state index in [2.05, 4.69) is 146 Å². The molecule has 6 aliphatic rings. The van der Waals surface area contributed by atoms with E-state index in [-0.39, 0.29) is 23.7 Å². The smallest absolute Gasteiger partial charge is 0.128 e. The van der Waals surface area contributed by atoms with Crippen molar-refractivity contribution in [1.82, 2.24) is 9.97 Å². The number of hydrogen-bond donors (Lipinski definition) is 0. The van der Waals surface area contributed by atoms with Gasteiger partial charge in [0.15, 0.2) is 0 Å². The Balaban J connectivity index is 1.14. The summed E-state index contributed by atoms with van der Waals surface area (Å²) in [7, 11) is 0. The predicted molar refractivity (Wildman–Crippen MR) is 254 cm³/mol. The van der Waals surface area contributed by atoms with E-state index in [4.69, 9.17) is 14.7 Å². The first-order valence-electron chi connectivity index (χ1n) is 23.0. The van der Waals surface area contributed by atoms with Gasteiger partial charge in [0.2, 0.25) is 0 Å². The number of aromatic nitrogens is 2. The van der Waals surface area contributed by atoms with Gasteiger partial charge in [0, 0.05) is 69.4 Å². The fourth-order valence-corrected chi connectivity index (χ4v) is 11.6. The van der Waals surface area contributed by atoms with Gasteiger partial charge < -0.3 is 4.74 Å². The molecule has 14 rings (SSSR count). The number of rotatable bonds is 10. The van der Waals surface area contributed by atoms with E-state index in [0.29, 0.717) is 6.61 Å². The molecule has 4 bridgehead atoms. The molecule has 0 saturated heterocycles. The maximum absolute atomic E-state index is 7.46. The highest BCUT2D eigenvalue weighted by Crippen LogP contribution is 2.66. The third kappa shape index (κ3) is 6.11. The first kappa shape index (κ1) is 37.7. The highest BCUT2D eigenvalue weighted by atomic mass is 16.5. The van der Waals surface area contributed by atoms with Crippen LogP contribution in [0.5, 0.6) is 5.75 Å². The quantitative estimate of drug-likeness (QED) is 0.102. The van der Waals surface area contributed by atoms with Crippen molar-refractivity contribution in [2.75, 3.05) is 6.61 Å². The Kier molecular flexibility index (Phi) is 9.41. The Labute approximate surface area is 370 Å². The molecule has 6 aliphatic carbocycles. The van der Waals surface area contributed by atoms with Crippen LogP contribution in [-0.2, 0) is 0 Å². The van der Waals surface area contributed by atoms with Crippen molar-refractivity contribution in [2.45, 2.75) is 69.1 Å². The van der Waals surface area contributed by atoms with Crippen molar-refractivity contribution in [3.63, 3.8) is 0 Å². The fraction of sp³-hybridized carbons (Fsp3) is 0.200. The summed E-state index contributed by atoms with van der Waals surface area (Å²) in [6.45, 7) is 2.99. The van der Waals surface area contributed by atoms with Gasteiger partial charge in [-0.3, -0.25) is 9.97 Å².